The molecule has 1 unspecified atom stereocenters. The second kappa shape index (κ2) is 3.64. The van der Waals surface area contributed by atoms with Gasteiger partial charge >= 0.3 is 6.18 Å². The highest BCUT2D eigenvalue weighted by Gasteiger charge is 2.31. The van der Waals surface area contributed by atoms with Crippen LogP contribution in [0, 0.1) is 5.92 Å². The second-order valence-corrected chi connectivity index (χ2v) is 3.41. The van der Waals surface area contributed by atoms with Crippen molar-refractivity contribution >= 4 is 0 Å². The minimum atomic E-state index is -4.12. The first kappa shape index (κ1) is 9.84. The molecule has 1 N–H and O–H groups in total. The fourth-order valence-electron chi connectivity index (χ4n) is 1.37. The maximum absolute atomic E-state index is 11.7. The maximum atomic E-state index is 11.7. The maximum Gasteiger partial charge on any atom is 0.389 e. The van der Waals surface area contributed by atoms with Gasteiger partial charge in [-0.15, -0.1) is 0 Å². The zero-order valence-corrected chi connectivity index (χ0v) is 6.77. The fraction of sp³-hybridized carbons (Fsp3) is 1.00. The summed E-state index contributed by atoms with van der Waals surface area (Å²) in [5, 5.41) is 9.23. The van der Waals surface area contributed by atoms with Gasteiger partial charge in [-0.1, -0.05) is 6.42 Å². The molecule has 1 nitrogen and oxygen atoms in total. The molecule has 0 aliphatic heterocycles. The number of aliphatic hydroxyl groups excluding tert-OH is 1. The normalized spacial score (nSPS) is 22.0. The van der Waals surface area contributed by atoms with E-state index < -0.39 is 18.7 Å². The number of rotatable bonds is 3. The predicted molar refractivity (Wildman–Crippen MR) is 38.6 cm³/mol. The van der Waals surface area contributed by atoms with Crippen LogP contribution in [-0.4, -0.2) is 17.4 Å². The van der Waals surface area contributed by atoms with Crippen LogP contribution in [0.5, 0.6) is 0 Å². The standard InChI is InChI=1S/C8H13F3O/c9-8(10,11)5-4-7(12)6-2-1-3-6/h6-7,12H,1-5H2. The quantitative estimate of drug-likeness (QED) is 0.710. The summed E-state index contributed by atoms with van der Waals surface area (Å²) >= 11 is 0. The highest BCUT2D eigenvalue weighted by atomic mass is 19.4. The minimum absolute atomic E-state index is 0.131. The molecule has 1 fully saturated rings. The third-order valence-corrected chi connectivity index (χ3v) is 2.42. The average Bonchev–Trinajstić information content (AvgIpc) is 1.78. The first-order valence-electron chi connectivity index (χ1n) is 4.24. The van der Waals surface area contributed by atoms with Crippen molar-refractivity contribution in [3.63, 3.8) is 0 Å². The highest BCUT2D eigenvalue weighted by Crippen LogP contribution is 2.33. The van der Waals surface area contributed by atoms with Crippen molar-refractivity contribution in [3.05, 3.63) is 0 Å². The van der Waals surface area contributed by atoms with Gasteiger partial charge in [0.15, 0.2) is 0 Å². The van der Waals surface area contributed by atoms with Crippen molar-refractivity contribution in [2.75, 3.05) is 0 Å². The highest BCUT2D eigenvalue weighted by molar-refractivity contribution is 4.77. The largest absolute Gasteiger partial charge is 0.393 e. The predicted octanol–water partition coefficient (Wildman–Crippen LogP) is 2.49. The van der Waals surface area contributed by atoms with E-state index in [4.69, 9.17) is 0 Å². The van der Waals surface area contributed by atoms with E-state index in [-0.39, 0.29) is 12.3 Å². The summed E-state index contributed by atoms with van der Waals surface area (Å²) in [5.74, 6) is 0.132. The van der Waals surface area contributed by atoms with Crippen molar-refractivity contribution in [3.8, 4) is 0 Å². The lowest BCUT2D eigenvalue weighted by Crippen LogP contribution is -2.28. The number of hydrogen-bond donors (Lipinski definition) is 1. The fourth-order valence-corrected chi connectivity index (χ4v) is 1.37. The Morgan fingerprint density at radius 1 is 1.33 bits per heavy atom. The molecule has 0 aromatic rings. The number of hydrogen-bond acceptors (Lipinski definition) is 1. The Kier molecular flexibility index (Phi) is 2.99. The van der Waals surface area contributed by atoms with Crippen LogP contribution in [-0.2, 0) is 0 Å². The Labute approximate surface area is 69.6 Å². The molecule has 1 aliphatic carbocycles. The Bertz CT molecular complexity index is 140. The summed E-state index contributed by atoms with van der Waals surface area (Å²) in [4.78, 5) is 0. The molecule has 72 valence electrons. The average molecular weight is 182 g/mol. The Morgan fingerprint density at radius 3 is 2.25 bits per heavy atom. The first-order valence-corrected chi connectivity index (χ1v) is 4.24. The zero-order chi connectivity index (χ0) is 9.19. The Morgan fingerprint density at radius 2 is 1.92 bits per heavy atom. The van der Waals surface area contributed by atoms with Crippen LogP contribution in [0.3, 0.4) is 0 Å². The Hall–Kier alpha value is -0.250. The molecule has 0 spiro atoms. The molecule has 1 saturated carbocycles. The van der Waals surface area contributed by atoms with Gasteiger partial charge in [0.2, 0.25) is 0 Å². The van der Waals surface area contributed by atoms with Crippen LogP contribution < -0.4 is 0 Å². The van der Waals surface area contributed by atoms with E-state index in [0.29, 0.717) is 0 Å². The molecule has 0 amide bonds. The van der Waals surface area contributed by atoms with Gasteiger partial charge in [-0.25, -0.2) is 0 Å². The third kappa shape index (κ3) is 3.01. The van der Waals surface area contributed by atoms with Gasteiger partial charge in [0.25, 0.3) is 0 Å². The van der Waals surface area contributed by atoms with Crippen LogP contribution in [0.2, 0.25) is 0 Å². The SMILES string of the molecule is OC(CCC(F)(F)F)C1CCC1. The van der Waals surface area contributed by atoms with Crippen molar-refractivity contribution in [1.82, 2.24) is 0 Å². The van der Waals surface area contributed by atoms with Gasteiger partial charge in [0.1, 0.15) is 0 Å². The smallest absolute Gasteiger partial charge is 0.389 e. The van der Waals surface area contributed by atoms with Crippen LogP contribution >= 0.6 is 0 Å². The topological polar surface area (TPSA) is 20.2 Å². The lowest BCUT2D eigenvalue weighted by Gasteiger charge is -2.30. The molecule has 1 aliphatic rings. The van der Waals surface area contributed by atoms with Gasteiger partial charge in [0, 0.05) is 6.42 Å². The van der Waals surface area contributed by atoms with E-state index in [1.54, 1.807) is 0 Å². The lowest BCUT2D eigenvalue weighted by atomic mass is 9.80. The second-order valence-electron chi connectivity index (χ2n) is 3.41. The summed E-state index contributed by atoms with van der Waals surface area (Å²) in [7, 11) is 0. The van der Waals surface area contributed by atoms with E-state index in [9.17, 15) is 18.3 Å². The van der Waals surface area contributed by atoms with Crippen LogP contribution in [0.15, 0.2) is 0 Å². The van der Waals surface area contributed by atoms with Crippen LogP contribution in [0.25, 0.3) is 0 Å². The number of aliphatic hydroxyl groups is 1. The first-order chi connectivity index (χ1) is 5.49. The summed E-state index contributed by atoms with van der Waals surface area (Å²) in [6.07, 6.45) is -3.02. The molecule has 0 saturated heterocycles. The van der Waals surface area contributed by atoms with Gasteiger partial charge in [-0.2, -0.15) is 13.2 Å². The van der Waals surface area contributed by atoms with E-state index in [1.807, 2.05) is 0 Å². The van der Waals surface area contributed by atoms with Crippen molar-refractivity contribution < 1.29 is 18.3 Å². The van der Waals surface area contributed by atoms with Gasteiger partial charge in [-0.3, -0.25) is 0 Å². The van der Waals surface area contributed by atoms with Crippen LogP contribution in [0.1, 0.15) is 32.1 Å². The molecule has 12 heavy (non-hydrogen) atoms. The molecular formula is C8H13F3O. The van der Waals surface area contributed by atoms with Crippen molar-refractivity contribution in [2.24, 2.45) is 5.92 Å². The number of halogens is 3. The lowest BCUT2D eigenvalue weighted by molar-refractivity contribution is -0.142. The molecule has 0 aromatic carbocycles. The van der Waals surface area contributed by atoms with Crippen molar-refractivity contribution in [1.29, 1.82) is 0 Å². The summed E-state index contributed by atoms with van der Waals surface area (Å²) < 4.78 is 35.1. The Balaban J connectivity index is 2.13. The molecule has 0 radical (unpaired) electrons. The van der Waals surface area contributed by atoms with Crippen molar-refractivity contribution in [2.45, 2.75) is 44.4 Å². The van der Waals surface area contributed by atoms with Gasteiger partial charge in [0.05, 0.1) is 6.10 Å². The molecule has 0 bridgehead atoms. The zero-order valence-electron chi connectivity index (χ0n) is 6.77. The molecule has 0 aromatic heterocycles. The summed E-state index contributed by atoms with van der Waals surface area (Å²) in [5.41, 5.74) is 0. The monoisotopic (exact) mass is 182 g/mol. The molecule has 1 rings (SSSR count). The van der Waals surface area contributed by atoms with E-state index in [1.165, 1.54) is 0 Å². The van der Waals surface area contributed by atoms with Gasteiger partial charge < -0.3 is 5.11 Å². The minimum Gasteiger partial charge on any atom is -0.393 e. The summed E-state index contributed by atoms with van der Waals surface area (Å²) in [6.45, 7) is 0. The summed E-state index contributed by atoms with van der Waals surface area (Å²) in [6, 6.07) is 0. The number of alkyl halides is 3. The molecule has 4 heteroatoms. The van der Waals surface area contributed by atoms with Gasteiger partial charge in [-0.05, 0) is 25.2 Å². The van der Waals surface area contributed by atoms with Crippen LogP contribution in [0.4, 0.5) is 13.2 Å². The van der Waals surface area contributed by atoms with E-state index in [2.05, 4.69) is 0 Å². The molecule has 0 heterocycles. The molecular weight excluding hydrogens is 169 g/mol. The van der Waals surface area contributed by atoms with E-state index in [0.717, 1.165) is 19.3 Å². The third-order valence-electron chi connectivity index (χ3n) is 2.42. The van der Waals surface area contributed by atoms with E-state index >= 15 is 0 Å². The molecule has 1 atom stereocenters.